The van der Waals surface area contributed by atoms with Gasteiger partial charge in [0, 0.05) is 12.5 Å². The number of aliphatic hydroxyl groups excluding tert-OH is 1. The summed E-state index contributed by atoms with van der Waals surface area (Å²) in [4.78, 5) is 0. The maximum absolute atomic E-state index is 9.34. The number of aryl methyl sites for hydroxylation is 1. The first kappa shape index (κ1) is 10.9. The molecule has 1 unspecified atom stereocenters. The minimum atomic E-state index is -0.410. The molecule has 1 aromatic rings. The Hall–Kier alpha value is -1.22. The smallest absolute Gasteiger partial charge is 0.126 e. The number of benzene rings is 1. The van der Waals surface area contributed by atoms with E-state index in [-0.39, 0.29) is 5.75 Å². The SMILES string of the molecule is COc1cc(O)cc(C)c1CC(C)O. The Morgan fingerprint density at radius 2 is 2.07 bits per heavy atom. The molecule has 0 bridgehead atoms. The van der Waals surface area contributed by atoms with Crippen LogP contribution in [0.5, 0.6) is 11.5 Å². The van der Waals surface area contributed by atoms with Gasteiger partial charge in [-0.1, -0.05) is 0 Å². The highest BCUT2D eigenvalue weighted by Crippen LogP contribution is 2.28. The van der Waals surface area contributed by atoms with E-state index in [1.54, 1.807) is 26.2 Å². The fourth-order valence-electron chi connectivity index (χ4n) is 1.51. The van der Waals surface area contributed by atoms with Crippen molar-refractivity contribution in [1.82, 2.24) is 0 Å². The summed E-state index contributed by atoms with van der Waals surface area (Å²) in [6, 6.07) is 3.23. The first-order valence-corrected chi connectivity index (χ1v) is 4.59. The number of ether oxygens (including phenoxy) is 1. The molecule has 0 aliphatic carbocycles. The number of aliphatic hydroxyl groups is 1. The number of hydrogen-bond acceptors (Lipinski definition) is 3. The lowest BCUT2D eigenvalue weighted by Gasteiger charge is -2.13. The van der Waals surface area contributed by atoms with Crippen molar-refractivity contribution in [2.75, 3.05) is 7.11 Å². The highest BCUT2D eigenvalue weighted by molar-refractivity contribution is 5.45. The van der Waals surface area contributed by atoms with E-state index in [0.29, 0.717) is 12.2 Å². The van der Waals surface area contributed by atoms with Crippen LogP contribution in [0.2, 0.25) is 0 Å². The van der Waals surface area contributed by atoms with Gasteiger partial charge < -0.3 is 14.9 Å². The molecule has 0 aliphatic rings. The third-order valence-electron chi connectivity index (χ3n) is 2.14. The highest BCUT2D eigenvalue weighted by Gasteiger charge is 2.10. The van der Waals surface area contributed by atoms with Crippen LogP contribution < -0.4 is 4.74 Å². The Morgan fingerprint density at radius 3 is 2.57 bits per heavy atom. The van der Waals surface area contributed by atoms with Gasteiger partial charge in [0.2, 0.25) is 0 Å². The van der Waals surface area contributed by atoms with E-state index < -0.39 is 6.10 Å². The summed E-state index contributed by atoms with van der Waals surface area (Å²) >= 11 is 0. The molecule has 1 rings (SSSR count). The van der Waals surface area contributed by atoms with Crippen molar-refractivity contribution in [2.24, 2.45) is 0 Å². The summed E-state index contributed by atoms with van der Waals surface area (Å²) in [5, 5.41) is 18.6. The largest absolute Gasteiger partial charge is 0.508 e. The maximum Gasteiger partial charge on any atom is 0.126 e. The van der Waals surface area contributed by atoms with Gasteiger partial charge in [-0.3, -0.25) is 0 Å². The molecule has 2 N–H and O–H groups in total. The van der Waals surface area contributed by atoms with Gasteiger partial charge >= 0.3 is 0 Å². The fourth-order valence-corrected chi connectivity index (χ4v) is 1.51. The predicted molar refractivity (Wildman–Crippen MR) is 54.8 cm³/mol. The Morgan fingerprint density at radius 1 is 1.43 bits per heavy atom. The molecule has 0 radical (unpaired) electrons. The van der Waals surface area contributed by atoms with E-state index in [0.717, 1.165) is 11.1 Å². The Bertz CT molecular complexity index is 319. The first-order valence-electron chi connectivity index (χ1n) is 4.59. The van der Waals surface area contributed by atoms with Crippen molar-refractivity contribution in [2.45, 2.75) is 26.4 Å². The summed E-state index contributed by atoms with van der Waals surface area (Å²) in [6.45, 7) is 3.62. The third-order valence-corrected chi connectivity index (χ3v) is 2.14. The molecular weight excluding hydrogens is 180 g/mol. The molecule has 0 heterocycles. The van der Waals surface area contributed by atoms with Crippen LogP contribution in [-0.4, -0.2) is 23.4 Å². The molecule has 14 heavy (non-hydrogen) atoms. The maximum atomic E-state index is 9.34. The van der Waals surface area contributed by atoms with Gasteiger partial charge in [-0.25, -0.2) is 0 Å². The summed E-state index contributed by atoms with van der Waals surface area (Å²) < 4.78 is 5.14. The van der Waals surface area contributed by atoms with E-state index in [9.17, 15) is 10.2 Å². The van der Waals surface area contributed by atoms with Crippen LogP contribution in [0.25, 0.3) is 0 Å². The van der Waals surface area contributed by atoms with Crippen molar-refractivity contribution in [3.8, 4) is 11.5 Å². The molecule has 0 aliphatic heterocycles. The van der Waals surface area contributed by atoms with Crippen LogP contribution >= 0.6 is 0 Å². The van der Waals surface area contributed by atoms with Crippen LogP contribution in [0.1, 0.15) is 18.1 Å². The summed E-state index contributed by atoms with van der Waals surface area (Å²) in [5.41, 5.74) is 1.88. The minimum absolute atomic E-state index is 0.189. The zero-order chi connectivity index (χ0) is 10.7. The van der Waals surface area contributed by atoms with Crippen LogP contribution in [0.15, 0.2) is 12.1 Å². The fraction of sp³-hybridized carbons (Fsp3) is 0.455. The topological polar surface area (TPSA) is 49.7 Å². The molecule has 1 aromatic carbocycles. The number of aromatic hydroxyl groups is 1. The first-order chi connectivity index (χ1) is 6.54. The molecule has 78 valence electrons. The Kier molecular flexibility index (Phi) is 3.36. The van der Waals surface area contributed by atoms with Crippen LogP contribution in [-0.2, 0) is 6.42 Å². The average molecular weight is 196 g/mol. The zero-order valence-corrected chi connectivity index (χ0v) is 8.74. The predicted octanol–water partition coefficient (Wildman–Crippen LogP) is 1.63. The lowest BCUT2D eigenvalue weighted by molar-refractivity contribution is 0.194. The van der Waals surface area contributed by atoms with Crippen LogP contribution in [0.3, 0.4) is 0 Å². The quantitative estimate of drug-likeness (QED) is 0.772. The summed E-state index contributed by atoms with van der Waals surface area (Å²) in [6.07, 6.45) is 0.127. The van der Waals surface area contributed by atoms with Crippen molar-refractivity contribution >= 4 is 0 Å². The summed E-state index contributed by atoms with van der Waals surface area (Å²) in [5.74, 6) is 0.817. The number of methoxy groups -OCH3 is 1. The number of phenolic OH excluding ortho intramolecular Hbond substituents is 1. The van der Waals surface area contributed by atoms with Gasteiger partial charge in [0.25, 0.3) is 0 Å². The van der Waals surface area contributed by atoms with Gasteiger partial charge in [0.05, 0.1) is 13.2 Å². The van der Waals surface area contributed by atoms with Gasteiger partial charge in [-0.2, -0.15) is 0 Å². The van der Waals surface area contributed by atoms with Crippen molar-refractivity contribution < 1.29 is 14.9 Å². The second kappa shape index (κ2) is 4.33. The number of rotatable bonds is 3. The molecule has 0 amide bonds. The highest BCUT2D eigenvalue weighted by atomic mass is 16.5. The Balaban J connectivity index is 3.11. The van der Waals surface area contributed by atoms with Gasteiger partial charge in [0.1, 0.15) is 11.5 Å². The summed E-state index contributed by atoms with van der Waals surface area (Å²) in [7, 11) is 1.56. The molecule has 0 saturated carbocycles. The third kappa shape index (κ3) is 2.39. The van der Waals surface area contributed by atoms with Gasteiger partial charge in [0.15, 0.2) is 0 Å². The second-order valence-corrected chi connectivity index (χ2v) is 3.50. The van der Waals surface area contributed by atoms with Gasteiger partial charge in [-0.05, 0) is 31.0 Å². The van der Waals surface area contributed by atoms with E-state index >= 15 is 0 Å². The molecular formula is C11H16O3. The molecule has 1 atom stereocenters. The lowest BCUT2D eigenvalue weighted by Crippen LogP contribution is -2.07. The molecule has 0 spiro atoms. The van der Waals surface area contributed by atoms with E-state index in [1.807, 2.05) is 6.92 Å². The van der Waals surface area contributed by atoms with Crippen molar-refractivity contribution in [3.63, 3.8) is 0 Å². The molecule has 3 nitrogen and oxygen atoms in total. The molecule has 0 aromatic heterocycles. The zero-order valence-electron chi connectivity index (χ0n) is 8.74. The average Bonchev–Trinajstić information content (AvgIpc) is 2.08. The van der Waals surface area contributed by atoms with E-state index in [4.69, 9.17) is 4.74 Å². The minimum Gasteiger partial charge on any atom is -0.508 e. The van der Waals surface area contributed by atoms with Crippen LogP contribution in [0, 0.1) is 6.92 Å². The van der Waals surface area contributed by atoms with E-state index in [1.165, 1.54) is 0 Å². The monoisotopic (exact) mass is 196 g/mol. The number of hydrogen-bond donors (Lipinski definition) is 2. The molecule has 3 heteroatoms. The van der Waals surface area contributed by atoms with Crippen LogP contribution in [0.4, 0.5) is 0 Å². The van der Waals surface area contributed by atoms with Crippen molar-refractivity contribution in [1.29, 1.82) is 0 Å². The lowest BCUT2D eigenvalue weighted by atomic mass is 10.0. The van der Waals surface area contributed by atoms with Gasteiger partial charge in [-0.15, -0.1) is 0 Å². The number of phenols is 1. The second-order valence-electron chi connectivity index (χ2n) is 3.50. The van der Waals surface area contributed by atoms with E-state index in [2.05, 4.69) is 0 Å². The van der Waals surface area contributed by atoms with Crippen molar-refractivity contribution in [3.05, 3.63) is 23.3 Å². The molecule has 0 saturated heterocycles. The normalized spacial score (nSPS) is 12.6. The molecule has 0 fully saturated rings. The standard InChI is InChI=1S/C11H16O3/c1-7-4-9(13)6-11(14-3)10(7)5-8(2)12/h4,6,8,12-13H,5H2,1-3H3. The Labute approximate surface area is 84.0 Å².